The molecule has 0 unspecified atom stereocenters. The molecule has 0 saturated heterocycles. The second kappa shape index (κ2) is 23.2. The van der Waals surface area contributed by atoms with Gasteiger partial charge in [-0.2, -0.15) is 0 Å². The van der Waals surface area contributed by atoms with Crippen molar-refractivity contribution in [1.82, 2.24) is 0 Å². The molecule has 0 aromatic heterocycles. The highest BCUT2D eigenvalue weighted by molar-refractivity contribution is 6.42. The number of nitro benzene ring substituents is 1. The van der Waals surface area contributed by atoms with Crippen molar-refractivity contribution < 1.29 is 24.4 Å². The molecule has 0 aliphatic heterocycles. The summed E-state index contributed by atoms with van der Waals surface area (Å²) in [5, 5.41) is 24.1. The first-order chi connectivity index (χ1) is 28.5. The maximum Gasteiger partial charge on any atom is 0.280 e. The molecule has 0 radical (unpaired) electrons. The molecule has 60 heavy (non-hydrogen) atoms. The van der Waals surface area contributed by atoms with Crippen molar-refractivity contribution in [3.8, 4) is 5.75 Å². The Labute approximate surface area is 384 Å². The Morgan fingerprint density at radius 1 is 0.483 bits per heavy atom. The number of nitro groups is 1. The lowest BCUT2D eigenvalue weighted by atomic mass is 10.1. The van der Waals surface area contributed by atoms with Gasteiger partial charge in [0, 0.05) is 37.8 Å². The summed E-state index contributed by atoms with van der Waals surface area (Å²) in [6.45, 7) is 0. The third-order valence-corrected chi connectivity index (χ3v) is 10.3. The highest BCUT2D eigenvalue weighted by Gasteiger charge is 2.17. The van der Waals surface area contributed by atoms with Crippen molar-refractivity contribution in [1.29, 1.82) is 0 Å². The van der Waals surface area contributed by atoms with Gasteiger partial charge in [-0.1, -0.05) is 129 Å². The van der Waals surface area contributed by atoms with Crippen LogP contribution in [0.1, 0.15) is 47.8 Å². The molecular formula is C45H27Cl8NO6. The van der Waals surface area contributed by atoms with E-state index >= 15 is 0 Å². The molecule has 0 bridgehead atoms. The number of ketones is 3. The normalized spacial score (nSPS) is 10.9. The average Bonchev–Trinajstić information content (AvgIpc) is 3.23. The van der Waals surface area contributed by atoms with Gasteiger partial charge in [0.2, 0.25) is 0 Å². The van der Waals surface area contributed by atoms with Crippen LogP contribution in [0, 0.1) is 10.1 Å². The summed E-state index contributed by atoms with van der Waals surface area (Å²) in [6.07, 6.45) is 8.78. The standard InChI is InChI=1S/C15H9Cl3O2.C15H9Cl3O.C15H9Cl2NO3/c16-11-4-1-9(2-5-11)14(19)6-3-10-7-12(17)8-13(18)15(10)20;16-12-5-3-11(4-6-12)15(19)8-2-10-1-7-13(17)14(18)9-10;16-12-7-5-10(9-13(12)17)6-8-15(19)11-3-1-2-4-14(11)18(20)21/h1-8,20H;1-9H;1-9H. The summed E-state index contributed by atoms with van der Waals surface area (Å²) < 4.78 is 0. The van der Waals surface area contributed by atoms with Gasteiger partial charge in [-0.15, -0.1) is 0 Å². The van der Waals surface area contributed by atoms with E-state index in [-0.39, 0.29) is 33.6 Å². The second-order valence-electron chi connectivity index (χ2n) is 12.1. The number of hydrogen-bond donors (Lipinski definition) is 1. The SMILES string of the molecule is O=C(C=Cc1cc(Cl)cc(Cl)c1O)c1ccc(Cl)cc1.O=C(C=Cc1ccc(Cl)c(Cl)c1)c1ccc(Cl)cc1.O=C(C=Cc1ccc(Cl)c(Cl)c1)c1ccccc1[N+](=O)[O-]. The number of phenolic OH excluding ortho intramolecular Hbond substituents is 1. The monoisotopic (exact) mass is 957 g/mol. The van der Waals surface area contributed by atoms with Crippen LogP contribution in [0.2, 0.25) is 40.2 Å². The van der Waals surface area contributed by atoms with Gasteiger partial charge in [0.15, 0.2) is 17.3 Å². The fourth-order valence-electron chi connectivity index (χ4n) is 4.81. The van der Waals surface area contributed by atoms with Crippen molar-refractivity contribution in [2.75, 3.05) is 0 Å². The summed E-state index contributed by atoms with van der Waals surface area (Å²) in [6, 6.07) is 32.1. The Kier molecular flexibility index (Phi) is 18.4. The number of phenols is 1. The number of benzene rings is 6. The third-order valence-electron chi connectivity index (χ3n) is 7.84. The molecule has 0 heterocycles. The molecule has 0 saturated carbocycles. The lowest BCUT2D eigenvalue weighted by Crippen LogP contribution is -2.00. The van der Waals surface area contributed by atoms with Crippen molar-refractivity contribution >= 4 is 134 Å². The maximum absolute atomic E-state index is 12.0. The van der Waals surface area contributed by atoms with Crippen LogP contribution in [0.5, 0.6) is 5.75 Å². The fraction of sp³-hybridized carbons (Fsp3) is 0. The van der Waals surface area contributed by atoms with Crippen LogP contribution in [0.15, 0.2) is 140 Å². The summed E-state index contributed by atoms with van der Waals surface area (Å²) in [5.74, 6) is -0.871. The van der Waals surface area contributed by atoms with E-state index in [0.717, 1.165) is 5.56 Å². The Balaban J connectivity index is 0.000000199. The fourth-order valence-corrected chi connectivity index (χ4v) is 6.18. The van der Waals surface area contributed by atoms with Gasteiger partial charge in [0.25, 0.3) is 5.69 Å². The first-order valence-electron chi connectivity index (χ1n) is 17.0. The van der Waals surface area contributed by atoms with Gasteiger partial charge in [0.05, 0.1) is 35.6 Å². The molecule has 6 aromatic rings. The minimum absolute atomic E-state index is 0.0406. The number of para-hydroxylation sites is 1. The largest absolute Gasteiger partial charge is 0.506 e. The number of allylic oxidation sites excluding steroid dienone is 3. The Bertz CT molecular complexity index is 2630. The number of aromatic hydroxyl groups is 1. The molecule has 7 nitrogen and oxygen atoms in total. The van der Waals surface area contributed by atoms with E-state index in [0.29, 0.717) is 57.4 Å². The van der Waals surface area contributed by atoms with Gasteiger partial charge < -0.3 is 5.11 Å². The van der Waals surface area contributed by atoms with Crippen LogP contribution < -0.4 is 0 Å². The maximum atomic E-state index is 12.0. The Hall–Kier alpha value is -4.93. The first-order valence-corrected chi connectivity index (χ1v) is 20.0. The summed E-state index contributed by atoms with van der Waals surface area (Å²) >= 11 is 46.5. The zero-order valence-corrected chi connectivity index (χ0v) is 36.5. The van der Waals surface area contributed by atoms with Crippen LogP contribution in [0.3, 0.4) is 0 Å². The minimum atomic E-state index is -0.583. The Morgan fingerprint density at radius 3 is 1.40 bits per heavy atom. The van der Waals surface area contributed by atoms with E-state index < -0.39 is 10.7 Å². The van der Waals surface area contributed by atoms with Crippen LogP contribution >= 0.6 is 92.8 Å². The molecule has 304 valence electrons. The number of carbonyl (C=O) groups is 3. The number of hydrogen-bond acceptors (Lipinski definition) is 6. The molecule has 6 rings (SSSR count). The van der Waals surface area contributed by atoms with Crippen LogP contribution in [-0.2, 0) is 0 Å². The zero-order valence-electron chi connectivity index (χ0n) is 30.5. The molecule has 6 aromatic carbocycles. The molecular weight excluding hydrogens is 934 g/mol. The zero-order chi connectivity index (χ0) is 43.9. The molecule has 0 aliphatic carbocycles. The lowest BCUT2D eigenvalue weighted by Gasteiger charge is -2.02. The predicted octanol–water partition coefficient (Wildman–Crippen LogP) is 15.6. The summed E-state index contributed by atoms with van der Waals surface area (Å²) in [7, 11) is 0. The van der Waals surface area contributed by atoms with Gasteiger partial charge in [-0.3, -0.25) is 24.5 Å². The number of rotatable bonds is 10. The van der Waals surface area contributed by atoms with E-state index in [1.165, 1.54) is 60.7 Å². The van der Waals surface area contributed by atoms with Gasteiger partial charge in [-0.25, -0.2) is 0 Å². The van der Waals surface area contributed by atoms with Crippen molar-refractivity contribution in [3.05, 3.63) is 223 Å². The third kappa shape index (κ3) is 14.7. The second-order valence-corrected chi connectivity index (χ2v) is 15.4. The van der Waals surface area contributed by atoms with Gasteiger partial charge >= 0.3 is 0 Å². The predicted molar refractivity (Wildman–Crippen MR) is 247 cm³/mol. The highest BCUT2D eigenvalue weighted by atomic mass is 35.5. The van der Waals surface area contributed by atoms with Crippen molar-refractivity contribution in [2.24, 2.45) is 0 Å². The number of carbonyl (C=O) groups excluding carboxylic acids is 3. The van der Waals surface area contributed by atoms with Crippen molar-refractivity contribution in [2.45, 2.75) is 0 Å². The van der Waals surface area contributed by atoms with Crippen molar-refractivity contribution in [3.63, 3.8) is 0 Å². The number of nitrogens with zero attached hydrogens (tertiary/aromatic N) is 1. The average molecular weight is 961 g/mol. The summed E-state index contributed by atoms with van der Waals surface area (Å²) in [4.78, 5) is 46.2. The number of halogens is 8. The molecule has 0 amide bonds. The molecule has 1 N–H and O–H groups in total. The van der Waals surface area contributed by atoms with Crippen LogP contribution in [0.25, 0.3) is 18.2 Å². The van der Waals surface area contributed by atoms with E-state index in [4.69, 9.17) is 92.8 Å². The Morgan fingerprint density at radius 2 is 0.933 bits per heavy atom. The molecule has 15 heteroatoms. The highest BCUT2D eigenvalue weighted by Crippen LogP contribution is 2.32. The molecule has 0 fully saturated rings. The van der Waals surface area contributed by atoms with E-state index in [2.05, 4.69) is 0 Å². The summed E-state index contributed by atoms with van der Waals surface area (Å²) in [5.41, 5.74) is 2.77. The van der Waals surface area contributed by atoms with E-state index in [1.807, 2.05) is 0 Å². The van der Waals surface area contributed by atoms with Gasteiger partial charge in [-0.05, 0) is 126 Å². The lowest BCUT2D eigenvalue weighted by molar-refractivity contribution is -0.385. The quantitative estimate of drug-likeness (QED) is 0.0633. The minimum Gasteiger partial charge on any atom is -0.506 e. The van der Waals surface area contributed by atoms with Gasteiger partial charge in [0.1, 0.15) is 5.75 Å². The molecule has 0 spiro atoms. The van der Waals surface area contributed by atoms with Crippen LogP contribution in [0.4, 0.5) is 5.69 Å². The molecule has 0 atom stereocenters. The smallest absolute Gasteiger partial charge is 0.280 e. The van der Waals surface area contributed by atoms with E-state index in [9.17, 15) is 29.6 Å². The molecule has 0 aliphatic rings. The first kappa shape index (κ1) is 47.7. The van der Waals surface area contributed by atoms with E-state index in [1.54, 1.807) is 97.1 Å². The van der Waals surface area contributed by atoms with Crippen LogP contribution in [-0.4, -0.2) is 27.4 Å². The topological polar surface area (TPSA) is 115 Å².